The second-order valence-electron chi connectivity index (χ2n) is 6.48. The second kappa shape index (κ2) is 7.59. The van der Waals surface area contributed by atoms with Gasteiger partial charge in [0.1, 0.15) is 0 Å². The summed E-state index contributed by atoms with van der Waals surface area (Å²) in [4.78, 5) is 19.3. The van der Waals surface area contributed by atoms with Gasteiger partial charge in [0.25, 0.3) is 0 Å². The first kappa shape index (κ1) is 16.7. The number of hydrogen-bond donors (Lipinski definition) is 2. The molecule has 2 heterocycles. The van der Waals surface area contributed by atoms with Crippen LogP contribution in [0.2, 0.25) is 0 Å². The molecule has 0 unspecified atom stereocenters. The van der Waals surface area contributed by atoms with Gasteiger partial charge in [-0.05, 0) is 32.1 Å². The number of thiazole rings is 1. The van der Waals surface area contributed by atoms with Crippen LogP contribution in [0.25, 0.3) is 0 Å². The van der Waals surface area contributed by atoms with E-state index in [-0.39, 0.29) is 24.0 Å². The number of ether oxygens (including phenoxy) is 1. The van der Waals surface area contributed by atoms with E-state index in [0.717, 1.165) is 36.8 Å². The lowest BCUT2D eigenvalue weighted by Crippen LogP contribution is -2.45. The summed E-state index contributed by atoms with van der Waals surface area (Å²) in [5.41, 5.74) is 6.95. The van der Waals surface area contributed by atoms with Crippen molar-refractivity contribution in [3.8, 4) is 0 Å². The van der Waals surface area contributed by atoms with Gasteiger partial charge in [-0.2, -0.15) is 0 Å². The van der Waals surface area contributed by atoms with Crippen LogP contribution in [0.5, 0.6) is 0 Å². The standard InChI is InChI=1S/C16H26N4O2S/c1-22-14-8-11(4-5-13(14)17)15(21)18-9-12-10-23-16(19-12)20-6-2-3-7-20/h10-11,13-14H,2-9,17H2,1H3,(H,18,21)/t11-,13+,14+/m0/s1. The first-order chi connectivity index (χ1) is 11.2. The van der Waals surface area contributed by atoms with Gasteiger partial charge in [-0.25, -0.2) is 4.98 Å². The zero-order chi connectivity index (χ0) is 16.2. The van der Waals surface area contributed by atoms with Crippen molar-refractivity contribution in [3.63, 3.8) is 0 Å². The van der Waals surface area contributed by atoms with Crippen LogP contribution in [0.15, 0.2) is 5.38 Å². The zero-order valence-electron chi connectivity index (χ0n) is 13.7. The summed E-state index contributed by atoms with van der Waals surface area (Å²) >= 11 is 1.67. The Morgan fingerprint density at radius 2 is 2.26 bits per heavy atom. The minimum atomic E-state index is -0.0134. The topological polar surface area (TPSA) is 80.5 Å². The third-order valence-electron chi connectivity index (χ3n) is 4.88. The van der Waals surface area contributed by atoms with Crippen LogP contribution in [0.4, 0.5) is 5.13 Å². The summed E-state index contributed by atoms with van der Waals surface area (Å²) in [7, 11) is 1.67. The molecule has 0 bridgehead atoms. The van der Waals surface area contributed by atoms with Gasteiger partial charge in [0.15, 0.2) is 5.13 Å². The molecule has 0 aromatic carbocycles. The van der Waals surface area contributed by atoms with Gasteiger partial charge < -0.3 is 20.7 Å². The number of carbonyl (C=O) groups is 1. The minimum absolute atomic E-state index is 0.00330. The number of nitrogens with two attached hydrogens (primary N) is 1. The number of nitrogens with zero attached hydrogens (tertiary/aromatic N) is 2. The Bertz CT molecular complexity index is 530. The Balaban J connectivity index is 1.49. The van der Waals surface area contributed by atoms with Crippen LogP contribution in [-0.2, 0) is 16.1 Å². The van der Waals surface area contributed by atoms with Gasteiger partial charge >= 0.3 is 0 Å². The molecule has 7 heteroatoms. The van der Waals surface area contributed by atoms with E-state index in [9.17, 15) is 4.79 Å². The number of rotatable bonds is 5. The lowest BCUT2D eigenvalue weighted by molar-refractivity contribution is -0.128. The molecule has 0 radical (unpaired) electrons. The molecule has 3 N–H and O–H groups in total. The lowest BCUT2D eigenvalue weighted by atomic mass is 9.83. The van der Waals surface area contributed by atoms with Gasteiger partial charge in [-0.1, -0.05) is 0 Å². The van der Waals surface area contributed by atoms with E-state index in [1.807, 2.05) is 5.38 Å². The van der Waals surface area contributed by atoms with E-state index in [4.69, 9.17) is 10.5 Å². The normalized spacial score (nSPS) is 28.1. The molecule has 1 aromatic rings. The van der Waals surface area contributed by atoms with Crippen molar-refractivity contribution in [2.45, 2.75) is 50.8 Å². The predicted octanol–water partition coefficient (Wildman–Crippen LogP) is 1.50. The minimum Gasteiger partial charge on any atom is -0.380 e. The van der Waals surface area contributed by atoms with E-state index >= 15 is 0 Å². The zero-order valence-corrected chi connectivity index (χ0v) is 14.5. The average molecular weight is 338 g/mol. The van der Waals surface area contributed by atoms with E-state index in [2.05, 4.69) is 15.2 Å². The van der Waals surface area contributed by atoms with Crippen LogP contribution in [0.3, 0.4) is 0 Å². The van der Waals surface area contributed by atoms with E-state index in [0.29, 0.717) is 13.0 Å². The van der Waals surface area contributed by atoms with Crippen molar-refractivity contribution in [2.24, 2.45) is 11.7 Å². The molecule has 0 spiro atoms. The Morgan fingerprint density at radius 3 is 3.00 bits per heavy atom. The second-order valence-corrected chi connectivity index (χ2v) is 7.32. The highest BCUT2D eigenvalue weighted by Gasteiger charge is 2.32. The van der Waals surface area contributed by atoms with Gasteiger partial charge in [0.05, 0.1) is 18.3 Å². The van der Waals surface area contributed by atoms with Gasteiger partial charge in [0.2, 0.25) is 5.91 Å². The summed E-state index contributed by atoms with van der Waals surface area (Å²) in [5.74, 6) is 0.0890. The fraction of sp³-hybridized carbons (Fsp3) is 0.750. The van der Waals surface area contributed by atoms with Crippen molar-refractivity contribution < 1.29 is 9.53 Å². The van der Waals surface area contributed by atoms with Crippen molar-refractivity contribution >= 4 is 22.4 Å². The first-order valence-electron chi connectivity index (χ1n) is 8.43. The third kappa shape index (κ3) is 4.02. The number of anilines is 1. The Labute approximate surface area is 141 Å². The number of methoxy groups -OCH3 is 1. The summed E-state index contributed by atoms with van der Waals surface area (Å²) in [6.45, 7) is 2.70. The fourth-order valence-electron chi connectivity index (χ4n) is 3.41. The highest BCUT2D eigenvalue weighted by molar-refractivity contribution is 7.13. The van der Waals surface area contributed by atoms with Crippen molar-refractivity contribution in [1.29, 1.82) is 0 Å². The fourth-order valence-corrected chi connectivity index (χ4v) is 4.29. The van der Waals surface area contributed by atoms with Crippen molar-refractivity contribution in [3.05, 3.63) is 11.1 Å². The number of amides is 1. The highest BCUT2D eigenvalue weighted by atomic mass is 32.1. The monoisotopic (exact) mass is 338 g/mol. The molecule has 1 amide bonds. The number of carbonyl (C=O) groups excluding carboxylic acids is 1. The molecule has 1 aliphatic carbocycles. The van der Waals surface area contributed by atoms with Crippen LogP contribution < -0.4 is 16.0 Å². The molecule has 1 aromatic heterocycles. The molecule has 3 rings (SSSR count). The third-order valence-corrected chi connectivity index (χ3v) is 5.83. The molecule has 3 atom stereocenters. The average Bonchev–Trinajstić information content (AvgIpc) is 3.24. The van der Waals surface area contributed by atoms with Crippen molar-refractivity contribution in [2.75, 3.05) is 25.1 Å². The molecule has 23 heavy (non-hydrogen) atoms. The van der Waals surface area contributed by atoms with Gasteiger partial charge in [0, 0.05) is 37.5 Å². The maximum Gasteiger partial charge on any atom is 0.223 e. The maximum absolute atomic E-state index is 12.4. The molecule has 2 fully saturated rings. The van der Waals surface area contributed by atoms with E-state index in [1.165, 1.54) is 12.8 Å². The summed E-state index contributed by atoms with van der Waals surface area (Å²) in [5, 5.41) is 6.15. The number of hydrogen-bond acceptors (Lipinski definition) is 6. The molecule has 2 aliphatic rings. The lowest BCUT2D eigenvalue weighted by Gasteiger charge is -2.32. The summed E-state index contributed by atoms with van der Waals surface area (Å²) in [6, 6.07) is 0.0469. The van der Waals surface area contributed by atoms with Crippen LogP contribution in [-0.4, -0.2) is 43.2 Å². The Morgan fingerprint density at radius 1 is 1.48 bits per heavy atom. The van der Waals surface area contributed by atoms with Gasteiger partial charge in [-0.15, -0.1) is 11.3 Å². The largest absolute Gasteiger partial charge is 0.380 e. The van der Waals surface area contributed by atoms with Crippen LogP contribution in [0, 0.1) is 5.92 Å². The summed E-state index contributed by atoms with van der Waals surface area (Å²) < 4.78 is 5.39. The SMILES string of the molecule is CO[C@@H]1C[C@@H](C(=O)NCc2csc(N3CCCC3)n2)CC[C@H]1N. The first-order valence-corrected chi connectivity index (χ1v) is 9.30. The van der Waals surface area contributed by atoms with Crippen LogP contribution >= 0.6 is 11.3 Å². The molecule has 128 valence electrons. The molecular weight excluding hydrogens is 312 g/mol. The molecule has 1 saturated heterocycles. The summed E-state index contributed by atoms with van der Waals surface area (Å²) in [6.07, 6.45) is 4.86. The number of aromatic nitrogens is 1. The molecule has 6 nitrogen and oxygen atoms in total. The highest BCUT2D eigenvalue weighted by Crippen LogP contribution is 2.26. The van der Waals surface area contributed by atoms with Crippen molar-refractivity contribution in [1.82, 2.24) is 10.3 Å². The predicted molar refractivity (Wildman–Crippen MR) is 91.5 cm³/mol. The molecule has 1 saturated carbocycles. The Kier molecular flexibility index (Phi) is 5.50. The Hall–Kier alpha value is -1.18. The van der Waals surface area contributed by atoms with Crippen LogP contribution in [0.1, 0.15) is 37.8 Å². The smallest absolute Gasteiger partial charge is 0.223 e. The van der Waals surface area contributed by atoms with E-state index < -0.39 is 0 Å². The maximum atomic E-state index is 12.4. The van der Waals surface area contributed by atoms with E-state index in [1.54, 1.807) is 18.4 Å². The quantitative estimate of drug-likeness (QED) is 0.850. The molecular formula is C16H26N4O2S. The number of nitrogens with one attached hydrogen (secondary N) is 1. The molecule has 1 aliphatic heterocycles. The van der Waals surface area contributed by atoms with Gasteiger partial charge in [-0.3, -0.25) is 4.79 Å².